The molecule has 1 amide bonds. The van der Waals surface area contributed by atoms with Gasteiger partial charge in [-0.1, -0.05) is 29.8 Å². The van der Waals surface area contributed by atoms with Crippen LogP contribution in [0.4, 0.5) is 0 Å². The lowest BCUT2D eigenvalue weighted by Gasteiger charge is -2.10. The molecule has 3 nitrogen and oxygen atoms in total. The van der Waals surface area contributed by atoms with Crippen molar-refractivity contribution in [1.29, 1.82) is 0 Å². The summed E-state index contributed by atoms with van der Waals surface area (Å²) in [6, 6.07) is 8.64. The quantitative estimate of drug-likeness (QED) is 0.786. The van der Waals surface area contributed by atoms with E-state index in [4.69, 9.17) is 0 Å². The lowest BCUT2D eigenvalue weighted by Crippen LogP contribution is -2.32. The van der Waals surface area contributed by atoms with Crippen molar-refractivity contribution < 1.29 is 4.79 Å². The minimum atomic E-state index is 0.110. The second-order valence-corrected chi connectivity index (χ2v) is 4.48. The molecule has 0 saturated carbocycles. The predicted octanol–water partition coefficient (Wildman–Crippen LogP) is 1.65. The van der Waals surface area contributed by atoms with Crippen molar-refractivity contribution in [1.82, 2.24) is 10.6 Å². The van der Waals surface area contributed by atoms with Gasteiger partial charge in [-0.3, -0.25) is 4.79 Å². The predicted molar refractivity (Wildman–Crippen MR) is 71.0 cm³/mol. The van der Waals surface area contributed by atoms with Crippen molar-refractivity contribution in [3.63, 3.8) is 0 Å². The first-order chi connectivity index (χ1) is 8.11. The topological polar surface area (TPSA) is 41.1 Å². The number of hydrogen-bond donors (Lipinski definition) is 2. The highest BCUT2D eigenvalue weighted by molar-refractivity contribution is 5.76. The van der Waals surface area contributed by atoms with Gasteiger partial charge in [0.05, 0.1) is 0 Å². The van der Waals surface area contributed by atoms with Crippen LogP contribution in [0, 0.1) is 6.92 Å². The van der Waals surface area contributed by atoms with Gasteiger partial charge >= 0.3 is 0 Å². The van der Waals surface area contributed by atoms with Gasteiger partial charge in [-0.15, -0.1) is 0 Å². The van der Waals surface area contributed by atoms with Crippen molar-refractivity contribution in [3.05, 3.63) is 35.4 Å². The fourth-order valence-electron chi connectivity index (χ4n) is 1.55. The van der Waals surface area contributed by atoms with Gasteiger partial charge in [0, 0.05) is 19.0 Å². The van der Waals surface area contributed by atoms with Crippen molar-refractivity contribution in [2.45, 2.75) is 32.7 Å². The molecule has 1 aromatic rings. The van der Waals surface area contributed by atoms with E-state index in [1.165, 1.54) is 11.1 Å². The zero-order valence-corrected chi connectivity index (χ0v) is 10.9. The van der Waals surface area contributed by atoms with Crippen molar-refractivity contribution >= 4 is 5.91 Å². The van der Waals surface area contributed by atoms with Crippen molar-refractivity contribution in [2.75, 3.05) is 13.6 Å². The summed E-state index contributed by atoms with van der Waals surface area (Å²) in [5.41, 5.74) is 2.53. The van der Waals surface area contributed by atoms with Crippen LogP contribution in [-0.4, -0.2) is 25.5 Å². The highest BCUT2D eigenvalue weighted by Gasteiger charge is 2.05. The number of benzene rings is 1. The van der Waals surface area contributed by atoms with Crippen LogP contribution < -0.4 is 10.6 Å². The maximum atomic E-state index is 11.5. The van der Waals surface area contributed by atoms with Gasteiger partial charge in [0.1, 0.15) is 0 Å². The molecule has 0 spiro atoms. The summed E-state index contributed by atoms with van der Waals surface area (Å²) in [6.45, 7) is 4.78. The fraction of sp³-hybridized carbons (Fsp3) is 0.500. The number of rotatable bonds is 6. The van der Waals surface area contributed by atoms with Crippen LogP contribution in [0.2, 0.25) is 0 Å². The normalized spacial score (nSPS) is 12.2. The molecule has 1 rings (SSSR count). The molecule has 1 aromatic carbocycles. The van der Waals surface area contributed by atoms with Gasteiger partial charge < -0.3 is 10.6 Å². The van der Waals surface area contributed by atoms with E-state index >= 15 is 0 Å². The Morgan fingerprint density at radius 3 is 2.53 bits per heavy atom. The molecule has 0 aliphatic carbocycles. The third-order valence-corrected chi connectivity index (χ3v) is 2.84. The number of aryl methyl sites for hydroxylation is 1. The minimum absolute atomic E-state index is 0.110. The van der Waals surface area contributed by atoms with Crippen LogP contribution in [-0.2, 0) is 11.2 Å². The summed E-state index contributed by atoms with van der Waals surface area (Å²) in [6.07, 6.45) is 1.42. The van der Waals surface area contributed by atoms with Crippen LogP contribution >= 0.6 is 0 Å². The van der Waals surface area contributed by atoms with Gasteiger partial charge in [0.15, 0.2) is 0 Å². The average molecular weight is 234 g/mol. The molecule has 0 fully saturated rings. The van der Waals surface area contributed by atoms with Crippen LogP contribution in [0.5, 0.6) is 0 Å². The van der Waals surface area contributed by atoms with E-state index in [1.807, 2.05) is 14.0 Å². The van der Waals surface area contributed by atoms with E-state index in [9.17, 15) is 4.79 Å². The summed E-state index contributed by atoms with van der Waals surface area (Å²) in [5.74, 6) is 0.110. The van der Waals surface area contributed by atoms with E-state index in [0.29, 0.717) is 13.0 Å². The van der Waals surface area contributed by atoms with Gasteiger partial charge in [0.25, 0.3) is 0 Å². The first-order valence-electron chi connectivity index (χ1n) is 6.11. The number of carbonyl (C=O) groups excluding carboxylic acids is 1. The Hall–Kier alpha value is -1.35. The highest BCUT2D eigenvalue weighted by atomic mass is 16.1. The molecule has 3 heteroatoms. The van der Waals surface area contributed by atoms with Crippen LogP contribution in [0.1, 0.15) is 24.5 Å². The number of amides is 1. The summed E-state index contributed by atoms with van der Waals surface area (Å²) in [7, 11) is 1.87. The molecule has 1 unspecified atom stereocenters. The second kappa shape index (κ2) is 7.07. The molecule has 0 aliphatic rings. The molecule has 0 saturated heterocycles. The van der Waals surface area contributed by atoms with Crippen LogP contribution in [0.15, 0.2) is 24.3 Å². The Bertz CT molecular complexity index is 346. The third-order valence-electron chi connectivity index (χ3n) is 2.84. The molecule has 2 N–H and O–H groups in total. The van der Waals surface area contributed by atoms with Crippen molar-refractivity contribution in [3.8, 4) is 0 Å². The fourth-order valence-corrected chi connectivity index (χ4v) is 1.55. The van der Waals surface area contributed by atoms with Crippen LogP contribution in [0.3, 0.4) is 0 Å². The first-order valence-corrected chi connectivity index (χ1v) is 6.11. The van der Waals surface area contributed by atoms with Crippen LogP contribution in [0.25, 0.3) is 0 Å². The molecule has 0 bridgehead atoms. The standard InChI is InChI=1S/C14H22N2O/c1-11-4-6-13(7-5-11)8-9-16-14(17)10-12(2)15-3/h4-7,12,15H,8-10H2,1-3H3,(H,16,17). The molecule has 0 radical (unpaired) electrons. The first kappa shape index (κ1) is 13.7. The van der Waals surface area contributed by atoms with Crippen molar-refractivity contribution in [2.24, 2.45) is 0 Å². The Balaban J connectivity index is 2.23. The number of nitrogens with one attached hydrogen (secondary N) is 2. The van der Waals surface area contributed by atoms with E-state index in [2.05, 4.69) is 41.8 Å². The number of hydrogen-bond acceptors (Lipinski definition) is 2. The Kier molecular flexibility index (Phi) is 5.70. The molecule has 94 valence electrons. The highest BCUT2D eigenvalue weighted by Crippen LogP contribution is 2.03. The summed E-state index contributed by atoms with van der Waals surface area (Å²) in [4.78, 5) is 11.5. The number of carbonyl (C=O) groups is 1. The molecular formula is C14H22N2O. The summed E-state index contributed by atoms with van der Waals surface area (Å²) >= 11 is 0. The maximum absolute atomic E-state index is 11.5. The molecular weight excluding hydrogens is 212 g/mol. The summed E-state index contributed by atoms with van der Waals surface area (Å²) in [5, 5.41) is 5.98. The Labute approximate surface area is 104 Å². The van der Waals surface area contributed by atoms with E-state index in [0.717, 1.165) is 6.42 Å². The van der Waals surface area contributed by atoms with E-state index in [-0.39, 0.29) is 11.9 Å². The van der Waals surface area contributed by atoms with Gasteiger partial charge in [-0.25, -0.2) is 0 Å². The Morgan fingerprint density at radius 2 is 1.94 bits per heavy atom. The van der Waals surface area contributed by atoms with Gasteiger partial charge in [-0.05, 0) is 32.9 Å². The van der Waals surface area contributed by atoms with E-state index in [1.54, 1.807) is 0 Å². The molecule has 17 heavy (non-hydrogen) atoms. The third kappa shape index (κ3) is 5.50. The summed E-state index contributed by atoms with van der Waals surface area (Å²) < 4.78 is 0. The Morgan fingerprint density at radius 1 is 1.29 bits per heavy atom. The maximum Gasteiger partial charge on any atom is 0.221 e. The minimum Gasteiger partial charge on any atom is -0.356 e. The second-order valence-electron chi connectivity index (χ2n) is 4.48. The van der Waals surface area contributed by atoms with Gasteiger partial charge in [-0.2, -0.15) is 0 Å². The zero-order chi connectivity index (χ0) is 12.7. The lowest BCUT2D eigenvalue weighted by atomic mass is 10.1. The molecule has 0 aliphatic heterocycles. The molecule has 0 heterocycles. The zero-order valence-electron chi connectivity index (χ0n) is 10.9. The lowest BCUT2D eigenvalue weighted by molar-refractivity contribution is -0.121. The van der Waals surface area contributed by atoms with E-state index < -0.39 is 0 Å². The monoisotopic (exact) mass is 234 g/mol. The largest absolute Gasteiger partial charge is 0.356 e. The smallest absolute Gasteiger partial charge is 0.221 e. The van der Waals surface area contributed by atoms with Gasteiger partial charge in [0.2, 0.25) is 5.91 Å². The average Bonchev–Trinajstić information content (AvgIpc) is 2.31. The molecule has 1 atom stereocenters. The molecule has 0 aromatic heterocycles. The SMILES string of the molecule is CNC(C)CC(=O)NCCc1ccc(C)cc1.